The highest BCUT2D eigenvalue weighted by atomic mass is 35.5. The molecule has 0 saturated carbocycles. The van der Waals surface area contributed by atoms with E-state index in [1.165, 1.54) is 0 Å². The van der Waals surface area contributed by atoms with E-state index >= 15 is 0 Å². The van der Waals surface area contributed by atoms with Gasteiger partial charge >= 0.3 is 0 Å². The van der Waals surface area contributed by atoms with E-state index in [1.54, 1.807) is 19.2 Å². The van der Waals surface area contributed by atoms with Gasteiger partial charge in [-0.15, -0.1) is 0 Å². The van der Waals surface area contributed by atoms with E-state index in [4.69, 9.17) is 33.7 Å². The number of rotatable bonds is 2. The van der Waals surface area contributed by atoms with Gasteiger partial charge in [0, 0.05) is 16.6 Å². The lowest BCUT2D eigenvalue weighted by molar-refractivity contribution is 0.407. The minimum atomic E-state index is -0.147. The molecule has 0 heterocycles. The number of benzene rings is 1. The Morgan fingerprint density at radius 3 is 2.46 bits per heavy atom. The van der Waals surface area contributed by atoms with E-state index in [0.717, 1.165) is 5.56 Å². The summed E-state index contributed by atoms with van der Waals surface area (Å²) in [4.78, 5) is 0. The molecule has 1 rings (SSSR count). The molecule has 0 aliphatic carbocycles. The van der Waals surface area contributed by atoms with Gasteiger partial charge in [-0.05, 0) is 19.1 Å². The van der Waals surface area contributed by atoms with Crippen molar-refractivity contribution in [3.63, 3.8) is 0 Å². The fraction of sp³-hybridized carbons (Fsp3) is 0.333. The zero-order valence-corrected chi connectivity index (χ0v) is 8.99. The van der Waals surface area contributed by atoms with Crippen LogP contribution in [0.1, 0.15) is 18.5 Å². The number of ether oxygens (including phenoxy) is 1. The van der Waals surface area contributed by atoms with Crippen molar-refractivity contribution < 1.29 is 4.74 Å². The molecule has 0 unspecified atom stereocenters. The van der Waals surface area contributed by atoms with Crippen LogP contribution >= 0.6 is 23.2 Å². The Labute approximate surface area is 87.6 Å². The van der Waals surface area contributed by atoms with E-state index in [9.17, 15) is 0 Å². The molecular weight excluding hydrogens is 209 g/mol. The molecule has 0 spiro atoms. The third kappa shape index (κ3) is 2.27. The fourth-order valence-electron chi connectivity index (χ4n) is 1.13. The molecule has 2 N–H and O–H groups in total. The van der Waals surface area contributed by atoms with Gasteiger partial charge in [-0.2, -0.15) is 0 Å². The molecule has 0 aromatic heterocycles. The zero-order chi connectivity index (χ0) is 10.0. The summed E-state index contributed by atoms with van der Waals surface area (Å²) >= 11 is 11.7. The summed E-state index contributed by atoms with van der Waals surface area (Å²) in [5.41, 5.74) is 6.55. The summed E-state index contributed by atoms with van der Waals surface area (Å²) in [5.74, 6) is 0.598. The molecule has 0 aliphatic heterocycles. The molecule has 13 heavy (non-hydrogen) atoms. The van der Waals surface area contributed by atoms with E-state index in [2.05, 4.69) is 0 Å². The molecule has 1 atom stereocenters. The first-order valence-electron chi connectivity index (χ1n) is 3.84. The lowest BCUT2D eigenvalue weighted by Gasteiger charge is -2.13. The second kappa shape index (κ2) is 4.18. The quantitative estimate of drug-likeness (QED) is 0.831. The van der Waals surface area contributed by atoms with Gasteiger partial charge in [-0.1, -0.05) is 23.2 Å². The van der Waals surface area contributed by atoms with E-state index in [-0.39, 0.29) is 6.04 Å². The van der Waals surface area contributed by atoms with Crippen molar-refractivity contribution in [1.29, 1.82) is 0 Å². The first kappa shape index (κ1) is 10.6. The molecule has 4 heteroatoms. The van der Waals surface area contributed by atoms with Crippen LogP contribution in [0.15, 0.2) is 12.1 Å². The van der Waals surface area contributed by atoms with Crippen molar-refractivity contribution in [2.75, 3.05) is 7.11 Å². The van der Waals surface area contributed by atoms with Crippen LogP contribution in [0.5, 0.6) is 5.75 Å². The number of nitrogens with two attached hydrogens (primary N) is 1. The van der Waals surface area contributed by atoms with Crippen molar-refractivity contribution >= 4 is 23.2 Å². The predicted octanol–water partition coefficient (Wildman–Crippen LogP) is 3.02. The van der Waals surface area contributed by atoms with Gasteiger partial charge in [0.25, 0.3) is 0 Å². The first-order chi connectivity index (χ1) is 6.06. The maximum atomic E-state index is 5.91. The topological polar surface area (TPSA) is 35.2 Å². The van der Waals surface area contributed by atoms with Crippen molar-refractivity contribution in [3.8, 4) is 5.75 Å². The first-order valence-corrected chi connectivity index (χ1v) is 4.60. The molecule has 72 valence electrons. The van der Waals surface area contributed by atoms with Gasteiger partial charge in [0.1, 0.15) is 5.75 Å². The molecular formula is C9H11Cl2NO. The van der Waals surface area contributed by atoms with Crippen LogP contribution in [0.25, 0.3) is 0 Å². The average Bonchev–Trinajstić information content (AvgIpc) is 2.02. The normalized spacial score (nSPS) is 12.7. The number of hydrogen-bond donors (Lipinski definition) is 1. The Morgan fingerprint density at radius 2 is 2.00 bits per heavy atom. The zero-order valence-electron chi connectivity index (χ0n) is 7.47. The Balaban J connectivity index is 3.29. The van der Waals surface area contributed by atoms with E-state index < -0.39 is 0 Å². The monoisotopic (exact) mass is 219 g/mol. The minimum Gasteiger partial charge on any atom is -0.495 e. The summed E-state index contributed by atoms with van der Waals surface area (Å²) < 4.78 is 5.12. The summed E-state index contributed by atoms with van der Waals surface area (Å²) in [6.07, 6.45) is 0. The molecule has 0 fully saturated rings. The Bertz CT molecular complexity index is 313. The van der Waals surface area contributed by atoms with Crippen LogP contribution in [0.3, 0.4) is 0 Å². The largest absolute Gasteiger partial charge is 0.495 e. The molecule has 0 bridgehead atoms. The van der Waals surface area contributed by atoms with Gasteiger partial charge in [-0.25, -0.2) is 0 Å². The van der Waals surface area contributed by atoms with Crippen LogP contribution < -0.4 is 10.5 Å². The second-order valence-corrected chi connectivity index (χ2v) is 3.64. The van der Waals surface area contributed by atoms with Crippen molar-refractivity contribution in [2.45, 2.75) is 13.0 Å². The van der Waals surface area contributed by atoms with Crippen LogP contribution in [0, 0.1) is 0 Å². The number of hydrogen-bond acceptors (Lipinski definition) is 2. The predicted molar refractivity (Wildman–Crippen MR) is 55.6 cm³/mol. The highest BCUT2D eigenvalue weighted by Gasteiger charge is 2.12. The highest BCUT2D eigenvalue weighted by molar-refractivity contribution is 6.35. The van der Waals surface area contributed by atoms with Gasteiger partial charge in [0.2, 0.25) is 0 Å². The van der Waals surface area contributed by atoms with Crippen molar-refractivity contribution in [3.05, 3.63) is 27.7 Å². The van der Waals surface area contributed by atoms with Crippen LogP contribution in [-0.2, 0) is 0 Å². The Hall–Kier alpha value is -0.440. The summed E-state index contributed by atoms with van der Waals surface area (Å²) in [6.45, 7) is 1.85. The molecule has 0 aliphatic rings. The van der Waals surface area contributed by atoms with E-state index in [0.29, 0.717) is 15.8 Å². The highest BCUT2D eigenvalue weighted by Crippen LogP contribution is 2.34. The molecule has 1 aromatic carbocycles. The third-order valence-electron chi connectivity index (χ3n) is 1.73. The van der Waals surface area contributed by atoms with Gasteiger partial charge < -0.3 is 10.5 Å². The van der Waals surface area contributed by atoms with Gasteiger partial charge in [-0.3, -0.25) is 0 Å². The Morgan fingerprint density at radius 1 is 1.38 bits per heavy atom. The molecule has 0 radical (unpaired) electrons. The maximum Gasteiger partial charge on any atom is 0.142 e. The fourth-order valence-corrected chi connectivity index (χ4v) is 1.72. The lowest BCUT2D eigenvalue weighted by Crippen LogP contribution is -2.07. The molecule has 2 nitrogen and oxygen atoms in total. The molecule has 0 amide bonds. The van der Waals surface area contributed by atoms with E-state index in [1.807, 2.05) is 6.92 Å². The van der Waals surface area contributed by atoms with Gasteiger partial charge in [0.15, 0.2) is 0 Å². The second-order valence-electron chi connectivity index (χ2n) is 2.80. The van der Waals surface area contributed by atoms with Crippen molar-refractivity contribution in [2.24, 2.45) is 5.73 Å². The third-order valence-corrected chi connectivity index (χ3v) is 2.23. The lowest BCUT2D eigenvalue weighted by atomic mass is 10.1. The molecule has 0 saturated heterocycles. The maximum absolute atomic E-state index is 5.91. The summed E-state index contributed by atoms with van der Waals surface area (Å²) in [5, 5.41) is 1.06. The Kier molecular flexibility index (Phi) is 3.42. The van der Waals surface area contributed by atoms with Gasteiger partial charge in [0.05, 0.1) is 12.1 Å². The standard InChI is InChI=1S/C9H11Cl2NO/c1-5(12)7-3-6(10)4-8(11)9(7)13-2/h3-5H,12H2,1-2H3/t5-/m0/s1. The van der Waals surface area contributed by atoms with Crippen LogP contribution in [0.2, 0.25) is 10.0 Å². The molecule has 1 aromatic rings. The summed E-state index contributed by atoms with van der Waals surface area (Å²) in [6, 6.07) is 3.25. The number of methoxy groups -OCH3 is 1. The smallest absolute Gasteiger partial charge is 0.142 e. The van der Waals surface area contributed by atoms with Crippen LogP contribution in [0.4, 0.5) is 0 Å². The number of halogens is 2. The van der Waals surface area contributed by atoms with Crippen molar-refractivity contribution in [1.82, 2.24) is 0 Å². The average molecular weight is 220 g/mol. The minimum absolute atomic E-state index is 0.147. The summed E-state index contributed by atoms with van der Waals surface area (Å²) in [7, 11) is 1.56. The SMILES string of the molecule is COc1c(Cl)cc(Cl)cc1[C@H](C)N. The van der Waals surface area contributed by atoms with Crippen LogP contribution in [-0.4, -0.2) is 7.11 Å².